The van der Waals surface area contributed by atoms with E-state index in [4.69, 9.17) is 42.6 Å². The van der Waals surface area contributed by atoms with E-state index in [1.165, 1.54) is 148 Å². The highest BCUT2D eigenvalue weighted by Gasteiger charge is 2.52. The largest absolute Gasteiger partial charge is 0.382 e. The van der Waals surface area contributed by atoms with E-state index in [1.807, 2.05) is 6.92 Å². The Morgan fingerprint density at radius 3 is 1.30 bits per heavy atom. The van der Waals surface area contributed by atoms with Gasteiger partial charge in [-0.1, -0.05) is 188 Å². The molecule has 11 atom stereocenters. The predicted octanol–water partition coefficient (Wildman–Crippen LogP) is 9.78. The lowest BCUT2D eigenvalue weighted by Gasteiger charge is -2.49. The lowest BCUT2D eigenvalue weighted by molar-refractivity contribution is -0.358. The number of methoxy groups -OCH3 is 6. The number of rotatable bonds is 48. The van der Waals surface area contributed by atoms with Crippen molar-refractivity contribution in [2.45, 2.75) is 281 Å². The first-order valence-corrected chi connectivity index (χ1v) is 30.2. The zero-order chi connectivity index (χ0) is 55.6. The van der Waals surface area contributed by atoms with Crippen molar-refractivity contribution < 1.29 is 61.8 Å². The molecule has 2 fully saturated rings. The number of amides is 4. The van der Waals surface area contributed by atoms with Crippen molar-refractivity contribution in [2.24, 2.45) is 5.92 Å². The maximum atomic E-state index is 13.5. The maximum absolute atomic E-state index is 13.5. The highest BCUT2D eigenvalue weighted by molar-refractivity contribution is 5.92. The Balaban J connectivity index is 1.91. The molecule has 0 aliphatic carbocycles. The van der Waals surface area contributed by atoms with Crippen LogP contribution in [0.5, 0.6) is 0 Å². The molecule has 17 heteroatoms. The minimum atomic E-state index is -1.07. The Morgan fingerprint density at radius 2 is 0.855 bits per heavy atom. The Hall–Kier alpha value is -2.48. The number of ether oxygens (including phenoxy) is 9. The van der Waals surface area contributed by atoms with E-state index < -0.39 is 73.2 Å². The first kappa shape index (κ1) is 69.6. The zero-order valence-electron chi connectivity index (χ0n) is 49.4. The van der Waals surface area contributed by atoms with E-state index in [0.717, 1.165) is 38.5 Å². The first-order valence-electron chi connectivity index (χ1n) is 30.2. The van der Waals surface area contributed by atoms with E-state index in [1.54, 1.807) is 35.5 Å². The second kappa shape index (κ2) is 45.3. The minimum Gasteiger partial charge on any atom is -0.382 e. The number of carbonyl (C=O) groups is 4. The first-order chi connectivity index (χ1) is 37.0. The summed E-state index contributed by atoms with van der Waals surface area (Å²) in [4.78, 5) is 53.5. The van der Waals surface area contributed by atoms with Crippen LogP contribution in [0.1, 0.15) is 220 Å². The Morgan fingerprint density at radius 1 is 0.434 bits per heavy atom. The summed E-state index contributed by atoms with van der Waals surface area (Å²) < 4.78 is 53.8. The van der Waals surface area contributed by atoms with Gasteiger partial charge in [-0.2, -0.15) is 0 Å². The highest BCUT2D eigenvalue weighted by atomic mass is 16.8. The van der Waals surface area contributed by atoms with E-state index >= 15 is 0 Å². The number of nitrogens with one attached hydrogen (secondary N) is 4. The van der Waals surface area contributed by atoms with Gasteiger partial charge in [0.2, 0.25) is 23.6 Å². The quantitative estimate of drug-likeness (QED) is 0.0420. The summed E-state index contributed by atoms with van der Waals surface area (Å²) in [6.45, 7) is 7.70. The van der Waals surface area contributed by atoms with Gasteiger partial charge in [0.05, 0.1) is 25.2 Å². The molecular formula is C59H112N4O13. The zero-order valence-corrected chi connectivity index (χ0v) is 49.4. The third-order valence-corrected chi connectivity index (χ3v) is 15.3. The van der Waals surface area contributed by atoms with Crippen LogP contribution in [0.2, 0.25) is 0 Å². The molecule has 4 unspecified atom stereocenters. The number of carbonyl (C=O) groups excluding carboxylic acids is 4. The molecular weight excluding hydrogens is 973 g/mol. The van der Waals surface area contributed by atoms with Gasteiger partial charge in [-0.25, -0.2) is 0 Å². The van der Waals surface area contributed by atoms with Gasteiger partial charge < -0.3 is 63.9 Å². The molecule has 2 aliphatic heterocycles. The van der Waals surface area contributed by atoms with Gasteiger partial charge in [0.1, 0.15) is 36.6 Å². The second-order valence-electron chi connectivity index (χ2n) is 21.5. The average Bonchev–Trinajstić information content (AvgIpc) is 3.42. The van der Waals surface area contributed by atoms with Crippen molar-refractivity contribution in [1.29, 1.82) is 0 Å². The van der Waals surface area contributed by atoms with Gasteiger partial charge in [-0.05, 0) is 12.8 Å². The van der Waals surface area contributed by atoms with Crippen LogP contribution in [-0.4, -0.2) is 154 Å². The van der Waals surface area contributed by atoms with Crippen LogP contribution in [0.4, 0.5) is 0 Å². The van der Waals surface area contributed by atoms with Gasteiger partial charge in [0, 0.05) is 81.1 Å². The molecule has 0 saturated carbocycles. The molecule has 17 nitrogen and oxygen atoms in total. The number of hydrogen-bond donors (Lipinski definition) is 4. The molecule has 0 bridgehead atoms. The minimum absolute atomic E-state index is 0.0877. The fourth-order valence-electron chi connectivity index (χ4n) is 10.6. The molecule has 2 rings (SSSR count). The summed E-state index contributed by atoms with van der Waals surface area (Å²) in [5.41, 5.74) is 0. The van der Waals surface area contributed by atoms with Crippen molar-refractivity contribution in [3.8, 4) is 0 Å². The van der Waals surface area contributed by atoms with Gasteiger partial charge in [0.25, 0.3) is 0 Å². The standard InChI is InChI=1S/C59H112N4O13/c1-10-12-14-16-18-20-22-24-26-28-30-32-34-36-40-60-51(66)42-46(57(67)61-41-37-35-33-31-29-27-25-23-21-19-17-15-13-11-2)63-50(65)39-38-49(64)62-43-47-45(3)52(69-5)55(71-7)59(74-47)76-53-48(44-68-4)75-58(73-9)56(72-8)54(53)70-6/h45-48,52-56,58-59H,10-44H2,1-9H3,(H,60,66)(H,61,67)(H,62,64)(H,63,65)/t45-,46-,47?,48?,52-,53-,54-,55?,56?,58+,59-/m0/s1. The fourth-order valence-corrected chi connectivity index (χ4v) is 10.6. The van der Waals surface area contributed by atoms with E-state index in [-0.39, 0.29) is 50.1 Å². The van der Waals surface area contributed by atoms with Crippen molar-refractivity contribution in [2.75, 3.05) is 68.9 Å². The van der Waals surface area contributed by atoms with Gasteiger partial charge >= 0.3 is 0 Å². The summed E-state index contributed by atoms with van der Waals surface area (Å²) in [5, 5.41) is 11.6. The SMILES string of the molecule is CCCCCCCCCCCCCCCCNC(=O)C[C@H](NC(=O)CCC(=O)NCC1O[C@@H](O[C@H]2C(COC)O[C@@H](OC)C(OC)[C@H]2OC)C(OC)[C@@H](OC)[C@H]1C)C(=O)NCCCCCCCCCCCCCCCC. The van der Waals surface area contributed by atoms with E-state index in [9.17, 15) is 19.2 Å². The highest BCUT2D eigenvalue weighted by Crippen LogP contribution is 2.35. The molecule has 76 heavy (non-hydrogen) atoms. The van der Waals surface area contributed by atoms with Crippen molar-refractivity contribution in [3.05, 3.63) is 0 Å². The van der Waals surface area contributed by atoms with Crippen LogP contribution in [0, 0.1) is 5.92 Å². The summed E-state index contributed by atoms with van der Waals surface area (Å²) in [5.74, 6) is -1.82. The summed E-state index contributed by atoms with van der Waals surface area (Å²) in [6.07, 6.45) is 28.3. The summed E-state index contributed by atoms with van der Waals surface area (Å²) in [6, 6.07) is -1.07. The van der Waals surface area contributed by atoms with Crippen LogP contribution in [0.15, 0.2) is 0 Å². The Bertz CT molecular complexity index is 1470. The third-order valence-electron chi connectivity index (χ3n) is 15.3. The molecule has 0 aromatic rings. The van der Waals surface area contributed by atoms with Crippen LogP contribution >= 0.6 is 0 Å². The van der Waals surface area contributed by atoms with E-state index in [0.29, 0.717) is 13.1 Å². The molecule has 2 saturated heterocycles. The normalized spacial score (nSPS) is 24.0. The Labute approximate surface area is 461 Å². The van der Waals surface area contributed by atoms with Crippen molar-refractivity contribution in [3.63, 3.8) is 0 Å². The van der Waals surface area contributed by atoms with Crippen LogP contribution in [0.25, 0.3) is 0 Å². The van der Waals surface area contributed by atoms with Gasteiger partial charge in [-0.3, -0.25) is 19.2 Å². The molecule has 4 N–H and O–H groups in total. The lowest BCUT2D eigenvalue weighted by Crippen LogP contribution is -2.65. The smallest absolute Gasteiger partial charge is 0.243 e. The molecule has 0 aromatic carbocycles. The van der Waals surface area contributed by atoms with Crippen molar-refractivity contribution >= 4 is 23.6 Å². The third kappa shape index (κ3) is 29.1. The Kier molecular flexibility index (Phi) is 41.5. The molecule has 4 amide bonds. The van der Waals surface area contributed by atoms with Gasteiger partial charge in [0.15, 0.2) is 12.6 Å². The lowest BCUT2D eigenvalue weighted by atomic mass is 9.89. The van der Waals surface area contributed by atoms with E-state index in [2.05, 4.69) is 35.1 Å². The van der Waals surface area contributed by atoms with Gasteiger partial charge in [-0.15, -0.1) is 0 Å². The molecule has 0 spiro atoms. The maximum Gasteiger partial charge on any atom is 0.243 e. The molecule has 2 heterocycles. The summed E-state index contributed by atoms with van der Waals surface area (Å²) in [7, 11) is 9.32. The second-order valence-corrected chi connectivity index (χ2v) is 21.5. The monoisotopic (exact) mass is 1080 g/mol. The summed E-state index contributed by atoms with van der Waals surface area (Å²) >= 11 is 0. The molecule has 0 aromatic heterocycles. The fraction of sp³-hybridized carbons (Fsp3) is 0.932. The average molecular weight is 1090 g/mol. The van der Waals surface area contributed by atoms with Crippen LogP contribution in [0.3, 0.4) is 0 Å². The number of hydrogen-bond acceptors (Lipinski definition) is 13. The van der Waals surface area contributed by atoms with Crippen molar-refractivity contribution in [1.82, 2.24) is 21.3 Å². The predicted molar refractivity (Wildman–Crippen MR) is 299 cm³/mol. The molecule has 2 aliphatic rings. The molecule has 0 radical (unpaired) electrons. The van der Waals surface area contributed by atoms with Crippen LogP contribution in [-0.2, 0) is 61.8 Å². The molecule has 446 valence electrons. The van der Waals surface area contributed by atoms with Crippen LogP contribution < -0.4 is 21.3 Å². The number of unbranched alkanes of at least 4 members (excludes halogenated alkanes) is 26. The topological polar surface area (TPSA) is 199 Å².